The molecule has 0 aromatic heterocycles. The molecule has 16 heavy (non-hydrogen) atoms. The van der Waals surface area contributed by atoms with Crippen LogP contribution in [-0.4, -0.2) is 25.2 Å². The Bertz CT molecular complexity index is 183. The summed E-state index contributed by atoms with van der Waals surface area (Å²) in [5.41, 5.74) is 0. The predicted octanol–water partition coefficient (Wildman–Crippen LogP) is 2.89. The van der Waals surface area contributed by atoms with Gasteiger partial charge in [-0.05, 0) is 19.8 Å². The Morgan fingerprint density at radius 1 is 1.19 bits per heavy atom. The number of hydrogen-bond acceptors (Lipinski definition) is 3. The third-order valence-corrected chi connectivity index (χ3v) is 2.81. The van der Waals surface area contributed by atoms with E-state index in [1.54, 1.807) is 0 Å². The van der Waals surface area contributed by atoms with Crippen molar-refractivity contribution in [3.8, 4) is 0 Å². The van der Waals surface area contributed by atoms with Gasteiger partial charge >= 0.3 is 5.97 Å². The molecular weight excluding hydrogens is 202 g/mol. The van der Waals surface area contributed by atoms with E-state index in [0.29, 0.717) is 6.04 Å². The van der Waals surface area contributed by atoms with Gasteiger partial charge in [-0.25, -0.2) is 0 Å². The van der Waals surface area contributed by atoms with E-state index in [9.17, 15) is 4.79 Å². The van der Waals surface area contributed by atoms with Crippen LogP contribution >= 0.6 is 0 Å². The maximum absolute atomic E-state index is 11.5. The standard InChI is InChI=1S/C13H27NO2/c1-5-7-9-11(3)14-12(10-8-6-2)13(15)16-4/h11-12,14H,5-10H2,1-4H3. The SMILES string of the molecule is CCCCC(C)NC(CCCC)C(=O)OC. The first kappa shape index (κ1) is 15.4. The minimum Gasteiger partial charge on any atom is -0.468 e. The van der Waals surface area contributed by atoms with Gasteiger partial charge in [-0.1, -0.05) is 39.5 Å². The first-order valence-corrected chi connectivity index (χ1v) is 6.49. The lowest BCUT2D eigenvalue weighted by Crippen LogP contribution is -2.42. The van der Waals surface area contributed by atoms with E-state index in [0.717, 1.165) is 25.7 Å². The average Bonchev–Trinajstić information content (AvgIpc) is 2.30. The van der Waals surface area contributed by atoms with E-state index in [1.807, 2.05) is 0 Å². The van der Waals surface area contributed by atoms with Crippen molar-refractivity contribution in [2.45, 2.75) is 71.4 Å². The number of hydrogen-bond donors (Lipinski definition) is 1. The average molecular weight is 229 g/mol. The van der Waals surface area contributed by atoms with Gasteiger partial charge in [0.25, 0.3) is 0 Å². The van der Waals surface area contributed by atoms with E-state index < -0.39 is 0 Å². The Morgan fingerprint density at radius 2 is 1.75 bits per heavy atom. The fraction of sp³-hybridized carbons (Fsp3) is 0.923. The lowest BCUT2D eigenvalue weighted by molar-refractivity contribution is -0.143. The van der Waals surface area contributed by atoms with Crippen LogP contribution in [0.2, 0.25) is 0 Å². The number of carbonyl (C=O) groups is 1. The summed E-state index contributed by atoms with van der Waals surface area (Å²) in [7, 11) is 1.46. The number of nitrogens with one attached hydrogen (secondary N) is 1. The highest BCUT2D eigenvalue weighted by atomic mass is 16.5. The molecule has 0 heterocycles. The monoisotopic (exact) mass is 229 g/mol. The number of methoxy groups -OCH3 is 1. The summed E-state index contributed by atoms with van der Waals surface area (Å²) in [6, 6.07) is 0.262. The molecule has 0 bridgehead atoms. The van der Waals surface area contributed by atoms with Gasteiger partial charge in [0.15, 0.2) is 0 Å². The molecule has 0 aromatic rings. The van der Waals surface area contributed by atoms with E-state index in [2.05, 4.69) is 26.1 Å². The van der Waals surface area contributed by atoms with Crippen LogP contribution in [-0.2, 0) is 9.53 Å². The zero-order valence-corrected chi connectivity index (χ0v) is 11.2. The molecule has 0 aromatic carbocycles. The van der Waals surface area contributed by atoms with Crippen LogP contribution < -0.4 is 5.32 Å². The van der Waals surface area contributed by atoms with Crippen LogP contribution in [0.15, 0.2) is 0 Å². The molecule has 0 saturated heterocycles. The molecule has 0 rings (SSSR count). The smallest absolute Gasteiger partial charge is 0.322 e. The summed E-state index contributed by atoms with van der Waals surface area (Å²) >= 11 is 0. The normalized spacial score (nSPS) is 14.5. The molecule has 0 aliphatic carbocycles. The van der Waals surface area contributed by atoms with Crippen molar-refractivity contribution in [3.63, 3.8) is 0 Å². The molecule has 3 heteroatoms. The number of rotatable bonds is 9. The van der Waals surface area contributed by atoms with Gasteiger partial charge in [0.1, 0.15) is 6.04 Å². The Hall–Kier alpha value is -0.570. The number of ether oxygens (including phenoxy) is 1. The maximum atomic E-state index is 11.5. The van der Waals surface area contributed by atoms with Crippen molar-refractivity contribution in [2.24, 2.45) is 0 Å². The van der Waals surface area contributed by atoms with E-state index in [4.69, 9.17) is 4.74 Å². The summed E-state index contributed by atoms with van der Waals surface area (Å²) < 4.78 is 4.81. The third-order valence-electron chi connectivity index (χ3n) is 2.81. The molecule has 0 spiro atoms. The molecule has 1 N–H and O–H groups in total. The van der Waals surface area contributed by atoms with Crippen LogP contribution in [0, 0.1) is 0 Å². The van der Waals surface area contributed by atoms with Crippen LogP contribution in [0.3, 0.4) is 0 Å². The van der Waals surface area contributed by atoms with Crippen LogP contribution in [0.1, 0.15) is 59.3 Å². The van der Waals surface area contributed by atoms with Gasteiger partial charge in [-0.3, -0.25) is 4.79 Å². The molecule has 0 amide bonds. The zero-order chi connectivity index (χ0) is 12.4. The lowest BCUT2D eigenvalue weighted by atomic mass is 10.1. The summed E-state index contributed by atoms with van der Waals surface area (Å²) in [6.45, 7) is 6.45. The lowest BCUT2D eigenvalue weighted by Gasteiger charge is -2.21. The second kappa shape index (κ2) is 9.64. The Kier molecular flexibility index (Phi) is 9.30. The van der Waals surface area contributed by atoms with E-state index >= 15 is 0 Å². The summed E-state index contributed by atoms with van der Waals surface area (Å²) in [6.07, 6.45) is 6.57. The maximum Gasteiger partial charge on any atom is 0.322 e. The Morgan fingerprint density at radius 3 is 2.25 bits per heavy atom. The Balaban J connectivity index is 4.03. The molecule has 0 fully saturated rings. The largest absolute Gasteiger partial charge is 0.468 e. The second-order valence-electron chi connectivity index (χ2n) is 4.43. The number of esters is 1. The van der Waals surface area contributed by atoms with Crippen molar-refractivity contribution < 1.29 is 9.53 Å². The molecule has 2 unspecified atom stereocenters. The molecule has 96 valence electrons. The second-order valence-corrected chi connectivity index (χ2v) is 4.43. The molecular formula is C13H27NO2. The summed E-state index contributed by atoms with van der Waals surface area (Å²) in [4.78, 5) is 11.5. The van der Waals surface area contributed by atoms with Gasteiger partial charge in [-0.2, -0.15) is 0 Å². The highest BCUT2D eigenvalue weighted by molar-refractivity contribution is 5.75. The zero-order valence-electron chi connectivity index (χ0n) is 11.2. The molecule has 3 nitrogen and oxygen atoms in total. The Labute approximate surface area is 99.9 Å². The molecule has 0 saturated carbocycles. The highest BCUT2D eigenvalue weighted by Crippen LogP contribution is 2.06. The van der Waals surface area contributed by atoms with Crippen molar-refractivity contribution in [1.29, 1.82) is 0 Å². The van der Waals surface area contributed by atoms with Gasteiger partial charge < -0.3 is 10.1 Å². The van der Waals surface area contributed by atoms with Crippen molar-refractivity contribution in [2.75, 3.05) is 7.11 Å². The van der Waals surface area contributed by atoms with E-state index in [-0.39, 0.29) is 12.0 Å². The first-order chi connectivity index (χ1) is 7.65. The van der Waals surface area contributed by atoms with Crippen LogP contribution in [0.25, 0.3) is 0 Å². The number of unbranched alkanes of at least 4 members (excludes halogenated alkanes) is 2. The van der Waals surface area contributed by atoms with Crippen LogP contribution in [0.5, 0.6) is 0 Å². The minimum absolute atomic E-state index is 0.128. The van der Waals surface area contributed by atoms with Crippen LogP contribution in [0.4, 0.5) is 0 Å². The van der Waals surface area contributed by atoms with E-state index in [1.165, 1.54) is 20.0 Å². The third kappa shape index (κ3) is 6.83. The fourth-order valence-corrected chi connectivity index (χ4v) is 1.76. The molecule has 0 aliphatic heterocycles. The van der Waals surface area contributed by atoms with Gasteiger partial charge in [0.05, 0.1) is 7.11 Å². The summed E-state index contributed by atoms with van der Waals surface area (Å²) in [5.74, 6) is -0.128. The predicted molar refractivity (Wildman–Crippen MR) is 67.5 cm³/mol. The molecule has 0 radical (unpaired) electrons. The topological polar surface area (TPSA) is 38.3 Å². The van der Waals surface area contributed by atoms with Crippen molar-refractivity contribution in [3.05, 3.63) is 0 Å². The molecule has 2 atom stereocenters. The van der Waals surface area contributed by atoms with Gasteiger partial charge in [0.2, 0.25) is 0 Å². The van der Waals surface area contributed by atoms with Crippen molar-refractivity contribution >= 4 is 5.97 Å². The number of carbonyl (C=O) groups excluding carboxylic acids is 1. The highest BCUT2D eigenvalue weighted by Gasteiger charge is 2.19. The quantitative estimate of drug-likeness (QED) is 0.618. The minimum atomic E-state index is -0.128. The summed E-state index contributed by atoms with van der Waals surface area (Å²) in [5, 5.41) is 3.36. The first-order valence-electron chi connectivity index (χ1n) is 6.49. The van der Waals surface area contributed by atoms with Crippen molar-refractivity contribution in [1.82, 2.24) is 5.32 Å². The van der Waals surface area contributed by atoms with Gasteiger partial charge in [-0.15, -0.1) is 0 Å². The fourth-order valence-electron chi connectivity index (χ4n) is 1.76. The molecule has 0 aliphatic rings. The van der Waals surface area contributed by atoms with Gasteiger partial charge in [0, 0.05) is 6.04 Å².